The van der Waals surface area contributed by atoms with E-state index in [1.54, 1.807) is 0 Å². The van der Waals surface area contributed by atoms with Gasteiger partial charge in [0.15, 0.2) is 0 Å². The molecule has 0 radical (unpaired) electrons. The van der Waals surface area contributed by atoms with Crippen molar-refractivity contribution in [1.29, 1.82) is 0 Å². The maximum absolute atomic E-state index is 13.5. The van der Waals surface area contributed by atoms with Crippen molar-refractivity contribution >= 4 is 17.4 Å². The second kappa shape index (κ2) is 9.58. The summed E-state index contributed by atoms with van der Waals surface area (Å²) in [6.07, 6.45) is 0.626. The Kier molecular flexibility index (Phi) is 6.62. The van der Waals surface area contributed by atoms with Gasteiger partial charge in [0, 0.05) is 31.7 Å². The summed E-state index contributed by atoms with van der Waals surface area (Å²) in [7, 11) is 0. The summed E-state index contributed by atoms with van der Waals surface area (Å²) in [6, 6.07) is 9.67. The highest BCUT2D eigenvalue weighted by molar-refractivity contribution is 6.46. The number of hydrogen-bond acceptors (Lipinski definition) is 5. The Hall–Kier alpha value is -3.10. The molecule has 2 aliphatic rings. The fraction of sp³-hybridized carbons (Fsp3) is 0.333. The van der Waals surface area contributed by atoms with E-state index in [9.17, 15) is 23.5 Å². The average Bonchev–Trinajstić information content (AvgIpc) is 3.05. The Morgan fingerprint density at radius 1 is 0.938 bits per heavy atom. The number of halogens is 2. The molecule has 2 aromatic rings. The van der Waals surface area contributed by atoms with Crippen LogP contribution in [0.15, 0.2) is 54.1 Å². The Morgan fingerprint density at radius 3 is 2.16 bits per heavy atom. The molecule has 1 unspecified atom stereocenters. The van der Waals surface area contributed by atoms with E-state index in [0.717, 1.165) is 19.6 Å². The molecule has 8 heteroatoms. The van der Waals surface area contributed by atoms with Gasteiger partial charge in [0.05, 0.1) is 24.8 Å². The molecule has 2 saturated heterocycles. The summed E-state index contributed by atoms with van der Waals surface area (Å²) in [4.78, 5) is 29.5. The summed E-state index contributed by atoms with van der Waals surface area (Å²) in [5, 5.41) is 10.9. The summed E-state index contributed by atoms with van der Waals surface area (Å²) in [6.45, 7) is 3.98. The fourth-order valence-corrected chi connectivity index (χ4v) is 4.15. The van der Waals surface area contributed by atoms with Crippen molar-refractivity contribution in [3.63, 3.8) is 0 Å². The topological polar surface area (TPSA) is 70.1 Å². The normalized spacial score (nSPS) is 21.3. The third-order valence-corrected chi connectivity index (χ3v) is 5.82. The number of nitrogens with zero attached hydrogens (tertiary/aromatic N) is 2. The second-order valence-electron chi connectivity index (χ2n) is 7.86. The molecule has 2 fully saturated rings. The van der Waals surface area contributed by atoms with Gasteiger partial charge in [-0.05, 0) is 48.4 Å². The number of Topliss-reactive ketones (excluding diaryl/α,β-unsaturated/α-hetero) is 1. The Morgan fingerprint density at radius 2 is 1.53 bits per heavy atom. The van der Waals surface area contributed by atoms with Crippen LogP contribution in [0.2, 0.25) is 0 Å². The molecule has 0 aliphatic carbocycles. The number of amides is 1. The smallest absolute Gasteiger partial charge is 0.295 e. The molecule has 2 heterocycles. The van der Waals surface area contributed by atoms with Crippen LogP contribution in [-0.4, -0.2) is 66.0 Å². The van der Waals surface area contributed by atoms with Crippen LogP contribution in [0.4, 0.5) is 8.78 Å². The number of likely N-dealkylation sites (tertiary alicyclic amines) is 1. The third kappa shape index (κ3) is 4.56. The molecule has 1 atom stereocenters. The number of carbonyl (C=O) groups is 2. The van der Waals surface area contributed by atoms with Crippen molar-refractivity contribution in [2.24, 2.45) is 0 Å². The van der Waals surface area contributed by atoms with Crippen LogP contribution in [-0.2, 0) is 14.3 Å². The van der Waals surface area contributed by atoms with Gasteiger partial charge in [-0.3, -0.25) is 14.5 Å². The molecule has 1 amide bonds. The maximum Gasteiger partial charge on any atom is 0.295 e. The van der Waals surface area contributed by atoms with Gasteiger partial charge in [-0.25, -0.2) is 8.78 Å². The van der Waals surface area contributed by atoms with E-state index in [4.69, 9.17) is 4.74 Å². The predicted molar refractivity (Wildman–Crippen MR) is 114 cm³/mol. The molecular weight excluding hydrogens is 418 g/mol. The van der Waals surface area contributed by atoms with E-state index in [-0.39, 0.29) is 16.9 Å². The van der Waals surface area contributed by atoms with Crippen molar-refractivity contribution in [2.75, 3.05) is 39.4 Å². The molecule has 6 nitrogen and oxygen atoms in total. The van der Waals surface area contributed by atoms with Gasteiger partial charge in [-0.2, -0.15) is 0 Å². The number of aliphatic hydroxyl groups is 1. The van der Waals surface area contributed by atoms with Gasteiger partial charge in [0.1, 0.15) is 17.4 Å². The molecule has 0 saturated carbocycles. The van der Waals surface area contributed by atoms with Crippen molar-refractivity contribution < 1.29 is 28.2 Å². The number of ketones is 1. The lowest BCUT2D eigenvalue weighted by atomic mass is 9.95. The fourth-order valence-electron chi connectivity index (χ4n) is 4.15. The molecule has 0 spiro atoms. The Balaban J connectivity index is 1.66. The largest absolute Gasteiger partial charge is 0.507 e. The molecule has 168 valence electrons. The lowest BCUT2D eigenvalue weighted by Gasteiger charge is -2.29. The Labute approximate surface area is 184 Å². The van der Waals surface area contributed by atoms with Crippen LogP contribution in [0, 0.1) is 11.6 Å². The predicted octanol–water partition coefficient (Wildman–Crippen LogP) is 3.11. The monoisotopic (exact) mass is 442 g/mol. The Bertz CT molecular complexity index is 1020. The zero-order chi connectivity index (χ0) is 22.7. The molecular formula is C24H24F2N2O4. The molecule has 2 aromatic carbocycles. The zero-order valence-corrected chi connectivity index (χ0v) is 17.5. The molecule has 0 bridgehead atoms. The van der Waals surface area contributed by atoms with Crippen LogP contribution in [0.5, 0.6) is 0 Å². The van der Waals surface area contributed by atoms with E-state index in [1.165, 1.54) is 53.4 Å². The standard InChI is InChI=1S/C24H24F2N2O4/c25-18-6-2-16(3-7-18)21-20(22(29)17-4-8-19(26)9-5-17)23(30)24(31)28(21)11-1-10-27-12-14-32-15-13-27/h2-9,21,29H,1,10-15H2/b22-20+. The number of ether oxygens (including phenoxy) is 1. The number of hydrogen-bond donors (Lipinski definition) is 1. The van der Waals surface area contributed by atoms with Crippen molar-refractivity contribution in [3.8, 4) is 0 Å². The van der Waals surface area contributed by atoms with Crippen molar-refractivity contribution in [1.82, 2.24) is 9.80 Å². The molecule has 2 aliphatic heterocycles. The SMILES string of the molecule is O=C1C(=O)N(CCCN2CCOCC2)C(c2ccc(F)cc2)/C1=C(\O)c1ccc(F)cc1. The van der Waals surface area contributed by atoms with Gasteiger partial charge in [-0.1, -0.05) is 12.1 Å². The number of aliphatic hydroxyl groups excluding tert-OH is 1. The highest BCUT2D eigenvalue weighted by Gasteiger charge is 2.45. The van der Waals surface area contributed by atoms with Crippen molar-refractivity contribution in [2.45, 2.75) is 12.5 Å². The van der Waals surface area contributed by atoms with Gasteiger partial charge < -0.3 is 14.7 Å². The third-order valence-electron chi connectivity index (χ3n) is 5.82. The van der Waals surface area contributed by atoms with E-state index in [2.05, 4.69) is 4.90 Å². The van der Waals surface area contributed by atoms with E-state index in [1.807, 2.05) is 0 Å². The first-order valence-corrected chi connectivity index (χ1v) is 10.6. The number of morpholine rings is 1. The van der Waals surface area contributed by atoms with Crippen LogP contribution in [0.1, 0.15) is 23.6 Å². The summed E-state index contributed by atoms with van der Waals surface area (Å²) in [5.74, 6) is -2.84. The average molecular weight is 442 g/mol. The minimum atomic E-state index is -0.856. The molecule has 4 rings (SSSR count). The molecule has 0 aromatic heterocycles. The number of carbonyl (C=O) groups excluding carboxylic acids is 2. The van der Waals surface area contributed by atoms with E-state index >= 15 is 0 Å². The second-order valence-corrected chi connectivity index (χ2v) is 7.86. The van der Waals surface area contributed by atoms with Gasteiger partial charge in [0.25, 0.3) is 11.7 Å². The minimum absolute atomic E-state index is 0.0837. The maximum atomic E-state index is 13.5. The summed E-state index contributed by atoms with van der Waals surface area (Å²) >= 11 is 0. The van der Waals surface area contributed by atoms with Gasteiger partial charge in [0.2, 0.25) is 0 Å². The quantitative estimate of drug-likeness (QED) is 0.423. The molecule has 1 N–H and O–H groups in total. The number of rotatable bonds is 6. The number of benzene rings is 2. The van der Waals surface area contributed by atoms with Crippen LogP contribution < -0.4 is 0 Å². The minimum Gasteiger partial charge on any atom is -0.507 e. The lowest BCUT2D eigenvalue weighted by Crippen LogP contribution is -2.38. The van der Waals surface area contributed by atoms with E-state index in [0.29, 0.717) is 31.7 Å². The first-order chi connectivity index (χ1) is 15.5. The highest BCUT2D eigenvalue weighted by atomic mass is 19.1. The summed E-state index contributed by atoms with van der Waals surface area (Å²) < 4.78 is 32.2. The van der Waals surface area contributed by atoms with Gasteiger partial charge in [-0.15, -0.1) is 0 Å². The van der Waals surface area contributed by atoms with Crippen LogP contribution >= 0.6 is 0 Å². The summed E-state index contributed by atoms with van der Waals surface area (Å²) in [5.41, 5.74) is 0.657. The highest BCUT2D eigenvalue weighted by Crippen LogP contribution is 2.39. The first-order valence-electron chi connectivity index (χ1n) is 10.6. The van der Waals surface area contributed by atoms with Crippen molar-refractivity contribution in [3.05, 3.63) is 76.9 Å². The van der Waals surface area contributed by atoms with Crippen LogP contribution in [0.3, 0.4) is 0 Å². The van der Waals surface area contributed by atoms with Crippen LogP contribution in [0.25, 0.3) is 5.76 Å². The van der Waals surface area contributed by atoms with E-state index < -0.39 is 29.4 Å². The lowest BCUT2D eigenvalue weighted by molar-refractivity contribution is -0.140. The molecule has 32 heavy (non-hydrogen) atoms. The zero-order valence-electron chi connectivity index (χ0n) is 17.5. The van der Waals surface area contributed by atoms with Gasteiger partial charge >= 0.3 is 0 Å². The first kappa shape index (κ1) is 22.1.